The Labute approximate surface area is 104 Å². The van der Waals surface area contributed by atoms with Crippen LogP contribution < -0.4 is 5.32 Å². The maximum absolute atomic E-state index is 8.77. The van der Waals surface area contributed by atoms with Gasteiger partial charge >= 0.3 is 0 Å². The van der Waals surface area contributed by atoms with Gasteiger partial charge in [-0.05, 0) is 23.9 Å². The zero-order chi connectivity index (χ0) is 12.1. The summed E-state index contributed by atoms with van der Waals surface area (Å²) in [6.45, 7) is 2.10. The first kappa shape index (κ1) is 11.6. The number of thiophene rings is 1. The van der Waals surface area contributed by atoms with Gasteiger partial charge in [-0.2, -0.15) is 5.26 Å². The molecule has 0 bridgehead atoms. The van der Waals surface area contributed by atoms with Gasteiger partial charge in [0.25, 0.3) is 0 Å². The van der Waals surface area contributed by atoms with Crippen molar-refractivity contribution in [2.75, 3.05) is 5.32 Å². The molecule has 0 spiro atoms. The fourth-order valence-electron chi connectivity index (χ4n) is 1.51. The molecule has 0 fully saturated rings. The first-order valence-electron chi connectivity index (χ1n) is 5.36. The third-order valence-electron chi connectivity index (χ3n) is 2.37. The molecule has 0 radical (unpaired) electrons. The number of hydrogen-bond donors (Lipinski definition) is 1. The molecule has 0 aromatic carbocycles. The molecule has 0 aliphatic carbocycles. The molecule has 2 aromatic heterocycles. The fourth-order valence-corrected chi connectivity index (χ4v) is 2.37. The second-order valence-corrected chi connectivity index (χ2v) is 4.48. The number of hydrogen-bond acceptors (Lipinski definition) is 5. The lowest BCUT2D eigenvalue weighted by Crippen LogP contribution is -2.11. The number of nitrogens with zero attached hydrogens (tertiary/aromatic N) is 3. The molecule has 2 rings (SSSR count). The molecule has 0 saturated carbocycles. The van der Waals surface area contributed by atoms with E-state index in [1.54, 1.807) is 23.6 Å². The molecule has 17 heavy (non-hydrogen) atoms. The molecule has 0 aliphatic heterocycles. The quantitative estimate of drug-likeness (QED) is 0.898. The van der Waals surface area contributed by atoms with Gasteiger partial charge in [-0.25, -0.2) is 9.97 Å². The maximum atomic E-state index is 8.77. The van der Waals surface area contributed by atoms with Crippen molar-refractivity contribution >= 4 is 17.3 Å². The lowest BCUT2D eigenvalue weighted by Gasteiger charge is -2.14. The first-order chi connectivity index (χ1) is 8.33. The van der Waals surface area contributed by atoms with Crippen molar-refractivity contribution in [1.82, 2.24) is 9.97 Å². The number of aromatic nitrogens is 2. The molecule has 86 valence electrons. The van der Waals surface area contributed by atoms with E-state index in [0.29, 0.717) is 11.6 Å². The second kappa shape index (κ2) is 5.41. The minimum Gasteiger partial charge on any atom is -0.347 e. The summed E-state index contributed by atoms with van der Waals surface area (Å²) in [5.74, 6) is 0.504. The van der Waals surface area contributed by atoms with Crippen LogP contribution in [0.1, 0.15) is 30.0 Å². The van der Waals surface area contributed by atoms with Gasteiger partial charge in [0.2, 0.25) is 5.95 Å². The highest BCUT2D eigenvalue weighted by atomic mass is 32.1. The van der Waals surface area contributed by atoms with E-state index in [9.17, 15) is 0 Å². The van der Waals surface area contributed by atoms with E-state index < -0.39 is 0 Å². The van der Waals surface area contributed by atoms with Crippen LogP contribution in [0.25, 0.3) is 0 Å². The highest BCUT2D eigenvalue weighted by Gasteiger charge is 2.11. The first-order valence-corrected chi connectivity index (χ1v) is 6.24. The molecular weight excluding hydrogens is 232 g/mol. The van der Waals surface area contributed by atoms with Crippen LogP contribution in [0.2, 0.25) is 0 Å². The third kappa shape index (κ3) is 2.80. The van der Waals surface area contributed by atoms with Crippen LogP contribution in [-0.4, -0.2) is 9.97 Å². The van der Waals surface area contributed by atoms with E-state index in [2.05, 4.69) is 28.3 Å². The summed E-state index contributed by atoms with van der Waals surface area (Å²) < 4.78 is 0. The number of anilines is 1. The van der Waals surface area contributed by atoms with E-state index in [-0.39, 0.29) is 6.04 Å². The molecule has 1 atom stereocenters. The number of rotatable bonds is 4. The summed E-state index contributed by atoms with van der Waals surface area (Å²) in [6.07, 6.45) is 2.54. The van der Waals surface area contributed by atoms with Crippen molar-refractivity contribution < 1.29 is 0 Å². The molecule has 0 saturated heterocycles. The molecule has 5 heteroatoms. The molecule has 4 nitrogen and oxygen atoms in total. The Hall–Kier alpha value is -1.93. The Kier molecular flexibility index (Phi) is 3.68. The molecule has 0 amide bonds. The number of nitriles is 1. The van der Waals surface area contributed by atoms with Crippen LogP contribution in [0.5, 0.6) is 0 Å². The van der Waals surface area contributed by atoms with E-state index in [1.807, 2.05) is 17.5 Å². The van der Waals surface area contributed by atoms with Crippen molar-refractivity contribution in [3.63, 3.8) is 0 Å². The Morgan fingerprint density at radius 1 is 1.53 bits per heavy atom. The average Bonchev–Trinajstić information content (AvgIpc) is 2.90. The predicted octanol–water partition coefficient (Wildman–Crippen LogP) is 2.97. The van der Waals surface area contributed by atoms with E-state index >= 15 is 0 Å². The second-order valence-electron chi connectivity index (χ2n) is 3.50. The van der Waals surface area contributed by atoms with Crippen molar-refractivity contribution in [2.24, 2.45) is 0 Å². The molecule has 1 unspecified atom stereocenters. The topological polar surface area (TPSA) is 61.6 Å². The Morgan fingerprint density at radius 3 is 3.06 bits per heavy atom. The van der Waals surface area contributed by atoms with Gasteiger partial charge in [-0.3, -0.25) is 0 Å². The van der Waals surface area contributed by atoms with Gasteiger partial charge in [0.15, 0.2) is 0 Å². The lowest BCUT2D eigenvalue weighted by molar-refractivity contribution is 0.751. The van der Waals surface area contributed by atoms with E-state index in [4.69, 9.17) is 5.26 Å². The normalized spacial score (nSPS) is 11.8. The van der Waals surface area contributed by atoms with Crippen LogP contribution in [0.15, 0.2) is 29.8 Å². The summed E-state index contributed by atoms with van der Waals surface area (Å²) >= 11 is 1.70. The molecule has 0 aliphatic rings. The zero-order valence-electron chi connectivity index (χ0n) is 9.42. The summed E-state index contributed by atoms with van der Waals surface area (Å²) in [6, 6.07) is 7.91. The van der Waals surface area contributed by atoms with E-state index in [1.165, 1.54) is 4.88 Å². The van der Waals surface area contributed by atoms with Crippen LogP contribution in [0.3, 0.4) is 0 Å². The molecule has 1 N–H and O–H groups in total. The van der Waals surface area contributed by atoms with Gasteiger partial charge in [-0.15, -0.1) is 11.3 Å². The van der Waals surface area contributed by atoms with Gasteiger partial charge in [0.1, 0.15) is 11.8 Å². The smallest absolute Gasteiger partial charge is 0.224 e. The van der Waals surface area contributed by atoms with Crippen LogP contribution in [0.4, 0.5) is 5.95 Å². The average molecular weight is 244 g/mol. The van der Waals surface area contributed by atoms with Gasteiger partial charge in [0, 0.05) is 11.1 Å². The van der Waals surface area contributed by atoms with Gasteiger partial charge in [0.05, 0.1) is 6.04 Å². The monoisotopic (exact) mass is 244 g/mol. The molecular formula is C12H12N4S. The summed E-state index contributed by atoms with van der Waals surface area (Å²) in [5.41, 5.74) is 0.378. The highest BCUT2D eigenvalue weighted by Crippen LogP contribution is 2.24. The Bertz CT molecular complexity index is 516. The van der Waals surface area contributed by atoms with Crippen molar-refractivity contribution in [2.45, 2.75) is 19.4 Å². The Balaban J connectivity index is 2.16. The summed E-state index contributed by atoms with van der Waals surface area (Å²) in [7, 11) is 0. The largest absolute Gasteiger partial charge is 0.347 e. The maximum Gasteiger partial charge on any atom is 0.224 e. The molecule has 2 heterocycles. The lowest BCUT2D eigenvalue weighted by atomic mass is 10.2. The van der Waals surface area contributed by atoms with Crippen molar-refractivity contribution in [3.8, 4) is 6.07 Å². The standard InChI is InChI=1S/C12H12N4S/c1-2-10(11-4-3-7-17-11)16-12-14-6-5-9(8-13)15-12/h3-7,10H,2H2,1H3,(H,14,15,16). The van der Waals surface area contributed by atoms with Crippen LogP contribution >= 0.6 is 11.3 Å². The predicted molar refractivity (Wildman–Crippen MR) is 67.7 cm³/mol. The molecule has 2 aromatic rings. The van der Waals surface area contributed by atoms with Crippen molar-refractivity contribution in [1.29, 1.82) is 5.26 Å². The minimum atomic E-state index is 0.198. The fraction of sp³-hybridized carbons (Fsp3) is 0.250. The summed E-state index contributed by atoms with van der Waals surface area (Å²) in [5, 5.41) is 14.1. The van der Waals surface area contributed by atoms with Gasteiger partial charge < -0.3 is 5.32 Å². The van der Waals surface area contributed by atoms with Crippen LogP contribution in [-0.2, 0) is 0 Å². The minimum absolute atomic E-state index is 0.198. The summed E-state index contributed by atoms with van der Waals surface area (Å²) in [4.78, 5) is 9.48. The highest BCUT2D eigenvalue weighted by molar-refractivity contribution is 7.10. The van der Waals surface area contributed by atoms with Crippen LogP contribution in [0, 0.1) is 11.3 Å². The van der Waals surface area contributed by atoms with Gasteiger partial charge in [-0.1, -0.05) is 13.0 Å². The zero-order valence-corrected chi connectivity index (χ0v) is 10.2. The third-order valence-corrected chi connectivity index (χ3v) is 3.35. The van der Waals surface area contributed by atoms with Crippen molar-refractivity contribution in [3.05, 3.63) is 40.3 Å². The number of nitrogens with one attached hydrogen (secondary N) is 1. The SMILES string of the molecule is CCC(Nc1nccc(C#N)n1)c1cccs1. The van der Waals surface area contributed by atoms with E-state index in [0.717, 1.165) is 6.42 Å². The Morgan fingerprint density at radius 2 is 2.41 bits per heavy atom.